The zero-order valence-electron chi connectivity index (χ0n) is 12.6. The molecule has 3 rings (SSSR count). The SMILES string of the molecule is COc1ccc(NC2c3cc(Cl)ccc3CC2(C)C)cc1. The number of benzene rings is 2. The Morgan fingerprint density at radius 1 is 1.14 bits per heavy atom. The van der Waals surface area contributed by atoms with Crippen LogP contribution in [0.2, 0.25) is 5.02 Å². The Hall–Kier alpha value is -1.67. The molecule has 1 N–H and O–H groups in total. The summed E-state index contributed by atoms with van der Waals surface area (Å²) in [6.45, 7) is 4.59. The van der Waals surface area contributed by atoms with Crippen LogP contribution in [0.5, 0.6) is 5.75 Å². The maximum atomic E-state index is 6.18. The summed E-state index contributed by atoms with van der Waals surface area (Å²) < 4.78 is 5.21. The van der Waals surface area contributed by atoms with Crippen LogP contribution in [0.15, 0.2) is 42.5 Å². The van der Waals surface area contributed by atoms with E-state index in [1.54, 1.807) is 7.11 Å². The summed E-state index contributed by atoms with van der Waals surface area (Å²) >= 11 is 6.18. The van der Waals surface area contributed by atoms with Gasteiger partial charge in [0.1, 0.15) is 5.75 Å². The summed E-state index contributed by atoms with van der Waals surface area (Å²) in [6, 6.07) is 14.5. The Kier molecular flexibility index (Phi) is 3.58. The maximum absolute atomic E-state index is 6.18. The Morgan fingerprint density at radius 2 is 1.86 bits per heavy atom. The minimum atomic E-state index is 0.160. The molecule has 0 saturated heterocycles. The van der Waals surface area contributed by atoms with Gasteiger partial charge in [0.05, 0.1) is 13.2 Å². The zero-order valence-corrected chi connectivity index (χ0v) is 13.4. The van der Waals surface area contributed by atoms with E-state index in [2.05, 4.69) is 43.4 Å². The van der Waals surface area contributed by atoms with Crippen LogP contribution in [-0.4, -0.2) is 7.11 Å². The van der Waals surface area contributed by atoms with Crippen molar-refractivity contribution >= 4 is 17.3 Å². The lowest BCUT2D eigenvalue weighted by Crippen LogP contribution is -2.24. The number of ether oxygens (including phenoxy) is 1. The van der Waals surface area contributed by atoms with Gasteiger partial charge < -0.3 is 10.1 Å². The van der Waals surface area contributed by atoms with Crippen LogP contribution in [-0.2, 0) is 6.42 Å². The van der Waals surface area contributed by atoms with Crippen LogP contribution in [0.1, 0.15) is 31.0 Å². The quantitative estimate of drug-likeness (QED) is 0.853. The van der Waals surface area contributed by atoms with Crippen LogP contribution in [0.25, 0.3) is 0 Å². The van der Waals surface area contributed by atoms with Crippen molar-refractivity contribution < 1.29 is 4.74 Å². The Bertz CT molecular complexity index is 649. The van der Waals surface area contributed by atoms with Gasteiger partial charge in [0.25, 0.3) is 0 Å². The van der Waals surface area contributed by atoms with E-state index in [0.29, 0.717) is 0 Å². The number of methoxy groups -OCH3 is 1. The molecule has 0 spiro atoms. The second-order valence-electron chi connectivity index (χ2n) is 6.31. The number of halogens is 1. The van der Waals surface area contributed by atoms with E-state index in [0.717, 1.165) is 22.9 Å². The van der Waals surface area contributed by atoms with E-state index in [4.69, 9.17) is 16.3 Å². The Labute approximate surface area is 131 Å². The van der Waals surface area contributed by atoms with Crippen molar-refractivity contribution in [2.24, 2.45) is 5.41 Å². The third-order valence-electron chi connectivity index (χ3n) is 4.25. The van der Waals surface area contributed by atoms with Gasteiger partial charge >= 0.3 is 0 Å². The summed E-state index contributed by atoms with van der Waals surface area (Å²) in [5, 5.41) is 4.45. The van der Waals surface area contributed by atoms with Crippen LogP contribution >= 0.6 is 11.6 Å². The van der Waals surface area contributed by atoms with Gasteiger partial charge in [-0.2, -0.15) is 0 Å². The molecule has 2 aromatic carbocycles. The fourth-order valence-corrected chi connectivity index (χ4v) is 3.32. The first kappa shape index (κ1) is 14.3. The zero-order chi connectivity index (χ0) is 15.0. The number of hydrogen-bond acceptors (Lipinski definition) is 2. The van der Waals surface area contributed by atoms with Crippen molar-refractivity contribution in [1.29, 1.82) is 0 Å². The van der Waals surface area contributed by atoms with Gasteiger partial charge in [0.2, 0.25) is 0 Å². The molecule has 0 heterocycles. The first-order valence-corrected chi connectivity index (χ1v) is 7.56. The van der Waals surface area contributed by atoms with E-state index in [1.165, 1.54) is 11.1 Å². The smallest absolute Gasteiger partial charge is 0.119 e. The molecule has 110 valence electrons. The molecule has 2 nitrogen and oxygen atoms in total. The van der Waals surface area contributed by atoms with Crippen LogP contribution < -0.4 is 10.1 Å². The molecule has 0 radical (unpaired) electrons. The highest BCUT2D eigenvalue weighted by molar-refractivity contribution is 6.30. The van der Waals surface area contributed by atoms with Gasteiger partial charge in [0.15, 0.2) is 0 Å². The fraction of sp³-hybridized carbons (Fsp3) is 0.333. The summed E-state index contributed by atoms with van der Waals surface area (Å²) in [5.74, 6) is 0.870. The third kappa shape index (κ3) is 2.73. The normalized spacial score (nSPS) is 19.1. The largest absolute Gasteiger partial charge is 0.497 e. The second kappa shape index (κ2) is 5.27. The molecular formula is C18H20ClNO. The molecule has 3 heteroatoms. The average Bonchev–Trinajstić information content (AvgIpc) is 2.71. The fourth-order valence-electron chi connectivity index (χ4n) is 3.14. The molecule has 1 unspecified atom stereocenters. The summed E-state index contributed by atoms with van der Waals surface area (Å²) in [5.41, 5.74) is 3.95. The molecule has 0 aromatic heterocycles. The molecule has 0 amide bonds. The molecule has 0 aliphatic heterocycles. The van der Waals surface area contributed by atoms with E-state index >= 15 is 0 Å². The predicted molar refractivity (Wildman–Crippen MR) is 88.3 cm³/mol. The van der Waals surface area contributed by atoms with Gasteiger partial charge in [-0.15, -0.1) is 0 Å². The first-order chi connectivity index (χ1) is 9.99. The molecule has 1 aliphatic carbocycles. The van der Waals surface area contributed by atoms with Crippen LogP contribution in [0.4, 0.5) is 5.69 Å². The van der Waals surface area contributed by atoms with Gasteiger partial charge in [-0.1, -0.05) is 31.5 Å². The minimum absolute atomic E-state index is 0.160. The minimum Gasteiger partial charge on any atom is -0.497 e. The van der Waals surface area contributed by atoms with Crippen molar-refractivity contribution in [3.05, 3.63) is 58.6 Å². The van der Waals surface area contributed by atoms with E-state index in [-0.39, 0.29) is 11.5 Å². The van der Waals surface area contributed by atoms with Crippen molar-refractivity contribution in [3.63, 3.8) is 0 Å². The standard InChI is InChI=1S/C18H20ClNO/c1-18(2)11-12-4-5-13(19)10-16(12)17(18)20-14-6-8-15(21-3)9-7-14/h4-10,17,20H,11H2,1-3H3. The van der Waals surface area contributed by atoms with Gasteiger partial charge in [-0.25, -0.2) is 0 Å². The van der Waals surface area contributed by atoms with E-state index in [1.807, 2.05) is 18.2 Å². The molecule has 0 fully saturated rings. The molecule has 1 atom stereocenters. The number of nitrogens with one attached hydrogen (secondary N) is 1. The lowest BCUT2D eigenvalue weighted by molar-refractivity contribution is 0.337. The topological polar surface area (TPSA) is 21.3 Å². The van der Waals surface area contributed by atoms with Gasteiger partial charge in [-0.3, -0.25) is 0 Å². The van der Waals surface area contributed by atoms with Crippen molar-refractivity contribution in [2.75, 3.05) is 12.4 Å². The molecule has 21 heavy (non-hydrogen) atoms. The lowest BCUT2D eigenvalue weighted by Gasteiger charge is -2.29. The molecule has 2 aromatic rings. The maximum Gasteiger partial charge on any atom is 0.119 e. The Morgan fingerprint density at radius 3 is 2.52 bits per heavy atom. The summed E-state index contributed by atoms with van der Waals surface area (Å²) in [6.07, 6.45) is 1.06. The van der Waals surface area contributed by atoms with Crippen molar-refractivity contribution in [1.82, 2.24) is 0 Å². The summed E-state index contributed by atoms with van der Waals surface area (Å²) in [4.78, 5) is 0. The number of hydrogen-bond donors (Lipinski definition) is 1. The van der Waals surface area contributed by atoms with E-state index < -0.39 is 0 Å². The van der Waals surface area contributed by atoms with Gasteiger partial charge in [-0.05, 0) is 59.4 Å². The number of rotatable bonds is 3. The molecule has 0 bridgehead atoms. The number of anilines is 1. The summed E-state index contributed by atoms with van der Waals surface area (Å²) in [7, 11) is 1.68. The molecule has 0 saturated carbocycles. The van der Waals surface area contributed by atoms with Crippen molar-refractivity contribution in [3.8, 4) is 5.75 Å². The lowest BCUT2D eigenvalue weighted by atomic mass is 9.85. The molecular weight excluding hydrogens is 282 g/mol. The average molecular weight is 302 g/mol. The highest BCUT2D eigenvalue weighted by Gasteiger charge is 2.38. The number of fused-ring (bicyclic) bond motifs is 1. The van der Waals surface area contributed by atoms with Crippen molar-refractivity contribution in [2.45, 2.75) is 26.3 Å². The van der Waals surface area contributed by atoms with E-state index in [9.17, 15) is 0 Å². The highest BCUT2D eigenvalue weighted by Crippen LogP contribution is 2.47. The highest BCUT2D eigenvalue weighted by atomic mass is 35.5. The van der Waals surface area contributed by atoms with Gasteiger partial charge in [0, 0.05) is 10.7 Å². The van der Waals surface area contributed by atoms with Crippen LogP contribution in [0.3, 0.4) is 0 Å². The second-order valence-corrected chi connectivity index (χ2v) is 6.75. The predicted octanol–water partition coefficient (Wildman–Crippen LogP) is 5.08. The monoisotopic (exact) mass is 301 g/mol. The molecule has 1 aliphatic rings. The Balaban J connectivity index is 1.91. The third-order valence-corrected chi connectivity index (χ3v) is 4.48. The first-order valence-electron chi connectivity index (χ1n) is 7.18. The van der Waals surface area contributed by atoms with Crippen LogP contribution in [0, 0.1) is 5.41 Å².